The van der Waals surface area contributed by atoms with Gasteiger partial charge in [-0.05, 0) is 48.6 Å². The summed E-state index contributed by atoms with van der Waals surface area (Å²) in [5.74, 6) is 0.432. The van der Waals surface area contributed by atoms with E-state index >= 15 is 0 Å². The standard InChI is InChI=1S/C20H21N3O4S3/c1-27-16-6-4-14(5-7-16)17-13-29-20(21-17)22-19(24)15-8-10-23(11-9-15)30(25,26)18-3-2-12-28-18/h2-7,12-13,15H,8-11H2,1H3,(H,21,22,24). The zero-order valence-electron chi connectivity index (χ0n) is 16.3. The fraction of sp³-hybridized carbons (Fsp3) is 0.300. The number of nitrogens with zero attached hydrogens (tertiary/aromatic N) is 2. The average Bonchev–Trinajstić information content (AvgIpc) is 3.47. The third kappa shape index (κ3) is 4.41. The summed E-state index contributed by atoms with van der Waals surface area (Å²) >= 11 is 2.58. The quantitative estimate of drug-likeness (QED) is 0.599. The highest BCUT2D eigenvalue weighted by Gasteiger charge is 2.32. The monoisotopic (exact) mass is 463 g/mol. The van der Waals surface area contributed by atoms with Crippen molar-refractivity contribution in [1.29, 1.82) is 0 Å². The Bertz CT molecular complexity index is 1100. The molecule has 3 aromatic rings. The largest absolute Gasteiger partial charge is 0.497 e. The first-order chi connectivity index (χ1) is 14.5. The number of carbonyl (C=O) groups excluding carboxylic acids is 1. The summed E-state index contributed by atoms with van der Waals surface area (Å²) in [4.78, 5) is 17.2. The molecule has 0 aliphatic carbocycles. The van der Waals surface area contributed by atoms with E-state index in [1.54, 1.807) is 24.6 Å². The predicted molar refractivity (Wildman–Crippen MR) is 119 cm³/mol. The molecule has 0 unspecified atom stereocenters. The van der Waals surface area contributed by atoms with E-state index < -0.39 is 10.0 Å². The molecule has 0 saturated carbocycles. The number of hydrogen-bond donors (Lipinski definition) is 1. The van der Waals surface area contributed by atoms with Gasteiger partial charge < -0.3 is 10.1 Å². The third-order valence-electron chi connectivity index (χ3n) is 5.03. The number of carbonyl (C=O) groups is 1. The van der Waals surface area contributed by atoms with Gasteiger partial charge in [-0.15, -0.1) is 22.7 Å². The first-order valence-electron chi connectivity index (χ1n) is 9.42. The molecule has 2 aromatic heterocycles. The fourth-order valence-electron chi connectivity index (χ4n) is 3.33. The van der Waals surface area contributed by atoms with Gasteiger partial charge in [-0.25, -0.2) is 13.4 Å². The Morgan fingerprint density at radius 2 is 1.90 bits per heavy atom. The molecular formula is C20H21N3O4S3. The van der Waals surface area contributed by atoms with Crippen LogP contribution in [-0.2, 0) is 14.8 Å². The summed E-state index contributed by atoms with van der Waals surface area (Å²) in [7, 11) is -1.84. The number of methoxy groups -OCH3 is 1. The van der Waals surface area contributed by atoms with Gasteiger partial charge in [0, 0.05) is 30.0 Å². The van der Waals surface area contributed by atoms with Gasteiger partial charge in [0.2, 0.25) is 5.91 Å². The minimum atomic E-state index is -3.46. The second kappa shape index (κ2) is 8.84. The minimum Gasteiger partial charge on any atom is -0.497 e. The van der Waals surface area contributed by atoms with Crippen molar-refractivity contribution in [1.82, 2.24) is 9.29 Å². The van der Waals surface area contributed by atoms with Crippen LogP contribution < -0.4 is 10.1 Å². The van der Waals surface area contributed by atoms with Crippen LogP contribution in [0.2, 0.25) is 0 Å². The number of benzene rings is 1. The molecular weight excluding hydrogens is 442 g/mol. The number of aromatic nitrogens is 1. The normalized spacial score (nSPS) is 15.8. The zero-order chi connectivity index (χ0) is 21.1. The number of sulfonamides is 1. The molecule has 1 fully saturated rings. The summed E-state index contributed by atoms with van der Waals surface area (Å²) in [6, 6.07) is 10.9. The van der Waals surface area contributed by atoms with E-state index in [4.69, 9.17) is 4.74 Å². The smallest absolute Gasteiger partial charge is 0.252 e. The van der Waals surface area contributed by atoms with E-state index in [2.05, 4.69) is 10.3 Å². The van der Waals surface area contributed by atoms with Crippen molar-refractivity contribution < 1.29 is 17.9 Å². The highest BCUT2D eigenvalue weighted by Crippen LogP contribution is 2.29. The van der Waals surface area contributed by atoms with E-state index in [1.165, 1.54) is 27.0 Å². The molecule has 1 aliphatic heterocycles. The Morgan fingerprint density at radius 3 is 2.53 bits per heavy atom. The van der Waals surface area contributed by atoms with Gasteiger partial charge in [0.15, 0.2) is 5.13 Å². The van der Waals surface area contributed by atoms with E-state index in [1.807, 2.05) is 29.6 Å². The molecule has 1 N–H and O–H groups in total. The molecule has 1 aliphatic rings. The number of amides is 1. The van der Waals surface area contributed by atoms with Crippen LogP contribution in [0.15, 0.2) is 51.4 Å². The van der Waals surface area contributed by atoms with E-state index in [0.717, 1.165) is 17.0 Å². The van der Waals surface area contributed by atoms with Crippen molar-refractivity contribution in [2.45, 2.75) is 17.1 Å². The Hall–Kier alpha value is -2.27. The van der Waals surface area contributed by atoms with Crippen molar-refractivity contribution in [2.24, 2.45) is 5.92 Å². The minimum absolute atomic E-state index is 0.112. The molecule has 10 heteroatoms. The molecule has 1 amide bonds. The molecule has 1 saturated heterocycles. The van der Waals surface area contributed by atoms with Gasteiger partial charge in [-0.2, -0.15) is 4.31 Å². The number of ether oxygens (including phenoxy) is 1. The number of thiazole rings is 1. The fourth-order valence-corrected chi connectivity index (χ4v) is 6.67. The van der Waals surface area contributed by atoms with Gasteiger partial charge >= 0.3 is 0 Å². The SMILES string of the molecule is COc1ccc(-c2csc(NC(=O)C3CCN(S(=O)(=O)c4cccs4)CC3)n2)cc1. The lowest BCUT2D eigenvalue weighted by Crippen LogP contribution is -2.41. The van der Waals surface area contributed by atoms with Crippen LogP contribution in [0.5, 0.6) is 5.75 Å². The molecule has 158 valence electrons. The predicted octanol–water partition coefficient (Wildman–Crippen LogP) is 3.92. The second-order valence-electron chi connectivity index (χ2n) is 6.87. The van der Waals surface area contributed by atoms with Crippen LogP contribution in [0.4, 0.5) is 5.13 Å². The van der Waals surface area contributed by atoms with E-state index in [9.17, 15) is 13.2 Å². The molecule has 0 atom stereocenters. The maximum atomic E-state index is 12.7. The Balaban J connectivity index is 1.35. The molecule has 0 spiro atoms. The summed E-state index contributed by atoms with van der Waals surface area (Å²) < 4.78 is 32.2. The number of hydrogen-bond acceptors (Lipinski definition) is 7. The number of thiophene rings is 1. The van der Waals surface area contributed by atoms with Gasteiger partial charge in [0.05, 0.1) is 12.8 Å². The van der Waals surface area contributed by atoms with E-state index in [0.29, 0.717) is 35.3 Å². The topological polar surface area (TPSA) is 88.6 Å². The van der Waals surface area contributed by atoms with Crippen LogP contribution in [0.3, 0.4) is 0 Å². The van der Waals surface area contributed by atoms with Crippen LogP contribution in [0.25, 0.3) is 11.3 Å². The molecule has 30 heavy (non-hydrogen) atoms. The molecule has 3 heterocycles. The maximum Gasteiger partial charge on any atom is 0.252 e. The van der Waals surface area contributed by atoms with Crippen LogP contribution in [0.1, 0.15) is 12.8 Å². The van der Waals surface area contributed by atoms with Crippen molar-refractivity contribution in [3.8, 4) is 17.0 Å². The Kier molecular flexibility index (Phi) is 6.19. The highest BCUT2D eigenvalue weighted by atomic mass is 32.2. The van der Waals surface area contributed by atoms with Gasteiger partial charge in [-0.3, -0.25) is 4.79 Å². The third-order valence-corrected chi connectivity index (χ3v) is 9.06. The van der Waals surface area contributed by atoms with Gasteiger partial charge in [0.1, 0.15) is 9.96 Å². The van der Waals surface area contributed by atoms with Gasteiger partial charge in [0.25, 0.3) is 10.0 Å². The first-order valence-corrected chi connectivity index (χ1v) is 12.6. The Labute approximate surface area is 183 Å². The summed E-state index contributed by atoms with van der Waals surface area (Å²) in [5, 5.41) is 7.07. The van der Waals surface area contributed by atoms with Crippen molar-refractivity contribution in [3.05, 3.63) is 47.2 Å². The summed E-state index contributed by atoms with van der Waals surface area (Å²) in [5.41, 5.74) is 1.73. The van der Waals surface area contributed by atoms with E-state index in [-0.39, 0.29) is 11.8 Å². The van der Waals surface area contributed by atoms with Crippen molar-refractivity contribution >= 4 is 43.7 Å². The molecule has 1 aromatic carbocycles. The molecule has 4 rings (SSSR count). The number of rotatable bonds is 6. The summed E-state index contributed by atoms with van der Waals surface area (Å²) in [6.45, 7) is 0.681. The number of anilines is 1. The summed E-state index contributed by atoms with van der Waals surface area (Å²) in [6.07, 6.45) is 0.986. The zero-order valence-corrected chi connectivity index (χ0v) is 18.7. The van der Waals surface area contributed by atoms with Crippen LogP contribution >= 0.6 is 22.7 Å². The van der Waals surface area contributed by atoms with Crippen LogP contribution in [-0.4, -0.2) is 43.8 Å². The Morgan fingerprint density at radius 1 is 1.17 bits per heavy atom. The average molecular weight is 464 g/mol. The highest BCUT2D eigenvalue weighted by molar-refractivity contribution is 7.91. The lowest BCUT2D eigenvalue weighted by molar-refractivity contribution is -0.120. The second-order valence-corrected chi connectivity index (χ2v) is 10.8. The maximum absolute atomic E-state index is 12.7. The first kappa shape index (κ1) is 21.0. The van der Waals surface area contributed by atoms with Gasteiger partial charge in [-0.1, -0.05) is 6.07 Å². The molecule has 0 radical (unpaired) electrons. The number of nitrogens with one attached hydrogen (secondary N) is 1. The molecule has 7 nitrogen and oxygen atoms in total. The lowest BCUT2D eigenvalue weighted by Gasteiger charge is -2.29. The lowest BCUT2D eigenvalue weighted by atomic mass is 9.97. The number of piperidine rings is 1. The van der Waals surface area contributed by atoms with Crippen molar-refractivity contribution in [3.63, 3.8) is 0 Å². The van der Waals surface area contributed by atoms with Crippen molar-refractivity contribution in [2.75, 3.05) is 25.5 Å². The van der Waals surface area contributed by atoms with Crippen LogP contribution in [0, 0.1) is 5.92 Å². The molecule has 0 bridgehead atoms.